The first kappa shape index (κ1) is 26.7. The second-order valence-electron chi connectivity index (χ2n) is 9.06. The van der Waals surface area contributed by atoms with Crippen molar-refractivity contribution in [2.24, 2.45) is 0 Å². The average Bonchev–Trinajstić information content (AvgIpc) is 3.57. The van der Waals surface area contributed by atoms with Crippen LogP contribution in [0.3, 0.4) is 0 Å². The van der Waals surface area contributed by atoms with Crippen LogP contribution in [0.5, 0.6) is 11.5 Å². The van der Waals surface area contributed by atoms with E-state index in [1.54, 1.807) is 19.2 Å². The minimum absolute atomic E-state index is 0.0893. The molecule has 0 unspecified atom stereocenters. The number of thioether (sulfide) groups is 1. The molecule has 0 fully saturated rings. The molecule has 2 aromatic heterocycles. The van der Waals surface area contributed by atoms with E-state index in [9.17, 15) is 4.79 Å². The highest BCUT2D eigenvalue weighted by Gasteiger charge is 2.19. The molecule has 2 heterocycles. The Morgan fingerprint density at radius 3 is 2.59 bits per heavy atom. The average molecular weight is 585 g/mol. The van der Waals surface area contributed by atoms with Crippen molar-refractivity contribution in [2.45, 2.75) is 12.1 Å². The van der Waals surface area contributed by atoms with Crippen molar-refractivity contribution >= 4 is 56.9 Å². The summed E-state index contributed by atoms with van der Waals surface area (Å²) in [7, 11) is 1.57. The number of furan rings is 1. The molecule has 0 atom stereocenters. The molecule has 0 radical (unpaired) electrons. The minimum Gasteiger partial charge on any atom is -0.495 e. The molecule has 1 amide bonds. The second-order valence-corrected chi connectivity index (χ2v) is 10.4. The Bertz CT molecular complexity index is 1870. The fraction of sp³-hybridized carbons (Fsp3) is 0.129. The second kappa shape index (κ2) is 11.6. The number of carbonyl (C=O) groups is 1. The van der Waals surface area contributed by atoms with E-state index in [0.717, 1.165) is 33.4 Å². The third-order valence-electron chi connectivity index (χ3n) is 6.43. The zero-order valence-electron chi connectivity index (χ0n) is 22.3. The molecule has 0 bridgehead atoms. The highest BCUT2D eigenvalue weighted by atomic mass is 35.5. The monoisotopic (exact) mass is 584 g/mol. The molecule has 0 spiro atoms. The first-order chi connectivity index (χ1) is 20.0. The molecule has 6 aromatic rings. The smallest absolute Gasteiger partial charge is 0.234 e. The molecule has 41 heavy (non-hydrogen) atoms. The summed E-state index contributed by atoms with van der Waals surface area (Å²) in [6, 6.07) is 26.5. The summed E-state index contributed by atoms with van der Waals surface area (Å²) in [6.45, 7) is 2.51. The molecule has 8 nitrogen and oxygen atoms in total. The summed E-state index contributed by atoms with van der Waals surface area (Å²) in [5.41, 5.74) is 3.59. The Balaban J connectivity index is 1.27. The van der Waals surface area contributed by atoms with Crippen LogP contribution in [0.2, 0.25) is 5.02 Å². The fourth-order valence-corrected chi connectivity index (χ4v) is 5.55. The number of hydrogen-bond acceptors (Lipinski definition) is 7. The van der Waals surface area contributed by atoms with Gasteiger partial charge in [0.15, 0.2) is 11.0 Å². The lowest BCUT2D eigenvalue weighted by Gasteiger charge is -2.12. The largest absolute Gasteiger partial charge is 0.495 e. The summed E-state index contributed by atoms with van der Waals surface area (Å²) in [5, 5.41) is 14.9. The number of para-hydroxylation sites is 1. The van der Waals surface area contributed by atoms with Crippen LogP contribution in [-0.2, 0) is 4.79 Å². The number of hydrogen-bond donors (Lipinski definition) is 1. The van der Waals surface area contributed by atoms with Crippen LogP contribution in [0.4, 0.5) is 5.69 Å². The number of nitrogens with zero attached hydrogens (tertiary/aromatic N) is 3. The minimum atomic E-state index is -0.227. The van der Waals surface area contributed by atoms with E-state index < -0.39 is 0 Å². The molecular weight excluding hydrogens is 560 g/mol. The Morgan fingerprint density at radius 2 is 1.80 bits per heavy atom. The fourth-order valence-electron chi connectivity index (χ4n) is 4.60. The topological polar surface area (TPSA) is 91.4 Å². The summed E-state index contributed by atoms with van der Waals surface area (Å²) < 4.78 is 19.1. The van der Waals surface area contributed by atoms with E-state index in [2.05, 4.69) is 15.5 Å². The van der Waals surface area contributed by atoms with Crippen molar-refractivity contribution in [2.75, 3.05) is 24.8 Å². The van der Waals surface area contributed by atoms with Gasteiger partial charge in [0.2, 0.25) is 5.91 Å². The lowest BCUT2D eigenvalue weighted by molar-refractivity contribution is -0.113. The van der Waals surface area contributed by atoms with Crippen molar-refractivity contribution in [1.82, 2.24) is 14.8 Å². The standard InChI is InChI=1S/C31H25ClN4O4S/c1-3-39-22-13-11-21(12-14-22)36-30(19-7-6-8-20(32)15-19)34-35-31(36)41-18-29(37)33-25-17-27-24(16-28(25)38-2)23-9-4-5-10-26(23)40-27/h4-17H,3,18H2,1-2H3,(H,33,37). The number of amides is 1. The molecule has 0 aliphatic rings. The van der Waals surface area contributed by atoms with Crippen LogP contribution in [0.15, 0.2) is 94.5 Å². The van der Waals surface area contributed by atoms with Gasteiger partial charge in [0, 0.05) is 33.1 Å². The van der Waals surface area contributed by atoms with Gasteiger partial charge < -0.3 is 19.2 Å². The third-order valence-corrected chi connectivity index (χ3v) is 7.59. The number of halogens is 1. The summed E-state index contributed by atoms with van der Waals surface area (Å²) in [4.78, 5) is 13.1. The van der Waals surface area contributed by atoms with Gasteiger partial charge in [0.25, 0.3) is 0 Å². The Hall–Kier alpha value is -4.47. The van der Waals surface area contributed by atoms with Crippen LogP contribution in [0, 0.1) is 0 Å². The molecular formula is C31H25ClN4O4S. The van der Waals surface area contributed by atoms with E-state index in [1.165, 1.54) is 11.8 Å². The van der Waals surface area contributed by atoms with E-state index in [-0.39, 0.29) is 11.7 Å². The lowest BCUT2D eigenvalue weighted by atomic mass is 10.1. The maximum absolute atomic E-state index is 13.1. The van der Waals surface area contributed by atoms with Crippen LogP contribution >= 0.6 is 23.4 Å². The van der Waals surface area contributed by atoms with Gasteiger partial charge >= 0.3 is 0 Å². The molecule has 206 valence electrons. The SMILES string of the molecule is CCOc1ccc(-n2c(SCC(=O)Nc3cc4oc5ccccc5c4cc3OC)nnc2-c2cccc(Cl)c2)cc1. The molecule has 4 aromatic carbocycles. The van der Waals surface area contributed by atoms with Crippen molar-refractivity contribution in [3.05, 3.63) is 90.0 Å². The molecule has 10 heteroatoms. The lowest BCUT2D eigenvalue weighted by Crippen LogP contribution is -2.15. The highest BCUT2D eigenvalue weighted by molar-refractivity contribution is 7.99. The van der Waals surface area contributed by atoms with Gasteiger partial charge in [-0.2, -0.15) is 0 Å². The van der Waals surface area contributed by atoms with Crippen molar-refractivity contribution in [3.63, 3.8) is 0 Å². The van der Waals surface area contributed by atoms with E-state index in [4.69, 9.17) is 25.5 Å². The molecule has 1 N–H and O–H groups in total. The van der Waals surface area contributed by atoms with Gasteiger partial charge in [-0.15, -0.1) is 10.2 Å². The Labute approximate surface area is 245 Å². The first-order valence-corrected chi connectivity index (χ1v) is 14.3. The Morgan fingerprint density at radius 1 is 0.976 bits per heavy atom. The Kier molecular flexibility index (Phi) is 7.54. The number of benzene rings is 4. The predicted molar refractivity (Wildman–Crippen MR) is 163 cm³/mol. The first-order valence-electron chi connectivity index (χ1n) is 12.9. The zero-order chi connectivity index (χ0) is 28.3. The molecule has 0 aliphatic heterocycles. The number of fused-ring (bicyclic) bond motifs is 3. The van der Waals surface area contributed by atoms with Crippen LogP contribution in [0.25, 0.3) is 39.0 Å². The van der Waals surface area contributed by atoms with Gasteiger partial charge in [-0.05, 0) is 55.5 Å². The van der Waals surface area contributed by atoms with Crippen LogP contribution < -0.4 is 14.8 Å². The van der Waals surface area contributed by atoms with E-state index in [1.807, 2.05) is 84.3 Å². The number of rotatable bonds is 9. The summed E-state index contributed by atoms with van der Waals surface area (Å²) >= 11 is 7.54. The van der Waals surface area contributed by atoms with Gasteiger partial charge in [0.1, 0.15) is 22.7 Å². The maximum atomic E-state index is 13.1. The number of methoxy groups -OCH3 is 1. The maximum Gasteiger partial charge on any atom is 0.234 e. The molecule has 0 saturated heterocycles. The third kappa shape index (κ3) is 5.46. The highest BCUT2D eigenvalue weighted by Crippen LogP contribution is 2.37. The summed E-state index contributed by atoms with van der Waals surface area (Å²) in [6.07, 6.45) is 0. The molecule has 0 saturated carbocycles. The van der Waals surface area contributed by atoms with Crippen molar-refractivity contribution < 1.29 is 18.7 Å². The van der Waals surface area contributed by atoms with Crippen LogP contribution in [0.1, 0.15) is 6.92 Å². The number of anilines is 1. The van der Waals surface area contributed by atoms with Crippen molar-refractivity contribution in [1.29, 1.82) is 0 Å². The van der Waals surface area contributed by atoms with Gasteiger partial charge in [-0.25, -0.2) is 0 Å². The number of ether oxygens (including phenoxy) is 2. The molecule has 0 aliphatic carbocycles. The number of aromatic nitrogens is 3. The molecule has 6 rings (SSSR count). The number of carbonyl (C=O) groups excluding carboxylic acids is 1. The summed E-state index contributed by atoms with van der Waals surface area (Å²) in [5.74, 6) is 1.78. The zero-order valence-corrected chi connectivity index (χ0v) is 23.8. The van der Waals surface area contributed by atoms with Gasteiger partial charge in [-0.3, -0.25) is 9.36 Å². The van der Waals surface area contributed by atoms with Crippen LogP contribution in [-0.4, -0.2) is 40.1 Å². The number of nitrogens with one attached hydrogen (secondary N) is 1. The van der Waals surface area contributed by atoms with E-state index in [0.29, 0.717) is 39.6 Å². The quantitative estimate of drug-likeness (QED) is 0.175. The van der Waals surface area contributed by atoms with Gasteiger partial charge in [-0.1, -0.05) is 53.7 Å². The van der Waals surface area contributed by atoms with Crippen molar-refractivity contribution in [3.8, 4) is 28.6 Å². The van der Waals surface area contributed by atoms with Gasteiger partial charge in [0.05, 0.1) is 25.2 Å². The normalized spacial score (nSPS) is 11.2. The van der Waals surface area contributed by atoms with E-state index >= 15 is 0 Å². The predicted octanol–water partition coefficient (Wildman–Crippen LogP) is 7.63.